The third-order valence-electron chi connectivity index (χ3n) is 4.73. The first kappa shape index (κ1) is 18.0. The van der Waals surface area contributed by atoms with Crippen molar-refractivity contribution in [3.8, 4) is 5.75 Å². The summed E-state index contributed by atoms with van der Waals surface area (Å²) in [6.07, 6.45) is 3.15. The van der Waals surface area contributed by atoms with E-state index in [1.165, 1.54) is 5.56 Å². The normalized spacial score (nSPS) is 12.3. The topological polar surface area (TPSA) is 69.3 Å². The molecule has 1 amide bonds. The highest BCUT2D eigenvalue weighted by Crippen LogP contribution is 2.26. The zero-order valence-electron chi connectivity index (χ0n) is 15.9. The molecule has 0 aliphatic rings. The van der Waals surface area contributed by atoms with E-state index in [-0.39, 0.29) is 18.4 Å². The Morgan fingerprint density at radius 3 is 2.81 bits per heavy atom. The molecule has 0 unspecified atom stereocenters. The van der Waals surface area contributed by atoms with Crippen LogP contribution in [0.15, 0.2) is 28.9 Å². The van der Waals surface area contributed by atoms with Gasteiger partial charge in [0.2, 0.25) is 5.91 Å². The largest absolute Gasteiger partial charge is 0.497 e. The number of methoxy groups -OCH3 is 1. The van der Waals surface area contributed by atoms with E-state index in [2.05, 4.69) is 27.3 Å². The summed E-state index contributed by atoms with van der Waals surface area (Å²) in [6.45, 7) is 5.70. The van der Waals surface area contributed by atoms with E-state index in [0.29, 0.717) is 5.76 Å². The summed E-state index contributed by atoms with van der Waals surface area (Å²) >= 11 is 0. The molecule has 1 N–H and O–H groups in total. The fraction of sp³-hybridized carbons (Fsp3) is 0.400. The lowest BCUT2D eigenvalue weighted by Gasteiger charge is -2.13. The number of nitrogens with zero attached hydrogens (tertiary/aromatic N) is 2. The minimum absolute atomic E-state index is 0.0137. The lowest BCUT2D eigenvalue weighted by Crippen LogP contribution is -2.35. The average Bonchev–Trinajstić information content (AvgIpc) is 3.08. The van der Waals surface area contributed by atoms with E-state index in [4.69, 9.17) is 9.26 Å². The minimum Gasteiger partial charge on any atom is -0.497 e. The number of hydrogen-bond donors (Lipinski definition) is 1. The molecule has 0 radical (unpaired) electrons. The average molecular weight is 355 g/mol. The highest BCUT2D eigenvalue weighted by Gasteiger charge is 2.16. The van der Waals surface area contributed by atoms with E-state index >= 15 is 0 Å². The van der Waals surface area contributed by atoms with Gasteiger partial charge in [-0.25, -0.2) is 0 Å². The Morgan fingerprint density at radius 2 is 2.15 bits per heavy atom. The number of aromatic nitrogens is 2. The first-order valence-corrected chi connectivity index (χ1v) is 8.72. The van der Waals surface area contributed by atoms with Crippen molar-refractivity contribution >= 4 is 16.8 Å². The van der Waals surface area contributed by atoms with Crippen molar-refractivity contribution in [3.63, 3.8) is 0 Å². The maximum Gasteiger partial charge on any atom is 0.224 e. The molecule has 26 heavy (non-hydrogen) atoms. The molecule has 0 aliphatic carbocycles. The monoisotopic (exact) mass is 355 g/mol. The molecule has 2 aromatic heterocycles. The maximum absolute atomic E-state index is 12.4. The number of aryl methyl sites for hydroxylation is 3. The third-order valence-corrected chi connectivity index (χ3v) is 4.73. The molecule has 0 saturated carbocycles. The Hall–Kier alpha value is -2.76. The van der Waals surface area contributed by atoms with Gasteiger partial charge in [0.05, 0.1) is 19.2 Å². The second-order valence-corrected chi connectivity index (χ2v) is 6.80. The van der Waals surface area contributed by atoms with Crippen LogP contribution < -0.4 is 10.1 Å². The third kappa shape index (κ3) is 3.59. The van der Waals surface area contributed by atoms with Gasteiger partial charge in [-0.2, -0.15) is 0 Å². The number of hydrogen-bond acceptors (Lipinski definition) is 4. The van der Waals surface area contributed by atoms with Gasteiger partial charge in [0.25, 0.3) is 0 Å². The highest BCUT2D eigenvalue weighted by atomic mass is 16.5. The van der Waals surface area contributed by atoms with Gasteiger partial charge in [0.1, 0.15) is 11.5 Å². The number of ether oxygens (including phenoxy) is 1. The maximum atomic E-state index is 12.4. The summed E-state index contributed by atoms with van der Waals surface area (Å²) in [7, 11) is 3.69. The van der Waals surface area contributed by atoms with Crippen LogP contribution >= 0.6 is 0 Å². The molecule has 0 bridgehead atoms. The smallest absolute Gasteiger partial charge is 0.224 e. The zero-order valence-corrected chi connectivity index (χ0v) is 15.9. The molecule has 0 aliphatic heterocycles. The summed E-state index contributed by atoms with van der Waals surface area (Å²) in [4.78, 5) is 12.4. The lowest BCUT2D eigenvalue weighted by atomic mass is 10.0. The summed E-state index contributed by atoms with van der Waals surface area (Å²) in [5.74, 6) is 1.51. The van der Waals surface area contributed by atoms with Gasteiger partial charge in [0.15, 0.2) is 0 Å². The Labute approximate surface area is 153 Å². The minimum atomic E-state index is -0.0234. The predicted molar refractivity (Wildman–Crippen MR) is 100 cm³/mol. The van der Waals surface area contributed by atoms with Gasteiger partial charge in [-0.3, -0.25) is 4.79 Å². The van der Waals surface area contributed by atoms with Crippen molar-refractivity contribution in [2.45, 2.75) is 39.7 Å². The summed E-state index contributed by atoms with van der Waals surface area (Å²) in [5, 5.41) is 8.13. The molecular formula is C20H25N3O3. The van der Waals surface area contributed by atoms with Crippen LogP contribution in [0.2, 0.25) is 0 Å². The van der Waals surface area contributed by atoms with Crippen LogP contribution in [-0.2, 0) is 24.7 Å². The Balaban J connectivity index is 1.71. The number of benzene rings is 1. The molecule has 2 heterocycles. The van der Waals surface area contributed by atoms with E-state index in [1.54, 1.807) is 7.11 Å². The van der Waals surface area contributed by atoms with Gasteiger partial charge < -0.3 is 19.1 Å². The van der Waals surface area contributed by atoms with Crippen LogP contribution in [0.5, 0.6) is 5.75 Å². The molecule has 1 aromatic carbocycles. The molecule has 3 rings (SSSR count). The first-order chi connectivity index (χ1) is 12.4. The number of amides is 1. The Morgan fingerprint density at radius 1 is 1.38 bits per heavy atom. The fourth-order valence-corrected chi connectivity index (χ4v) is 3.36. The van der Waals surface area contributed by atoms with Crippen molar-refractivity contribution < 1.29 is 14.1 Å². The number of carbonyl (C=O) groups is 1. The molecule has 6 heteroatoms. The Bertz CT molecular complexity index is 920. The second-order valence-electron chi connectivity index (χ2n) is 6.80. The first-order valence-electron chi connectivity index (χ1n) is 8.72. The molecule has 3 aromatic rings. The van der Waals surface area contributed by atoms with Gasteiger partial charge in [-0.15, -0.1) is 0 Å². The van der Waals surface area contributed by atoms with Crippen LogP contribution in [0, 0.1) is 13.8 Å². The summed E-state index contributed by atoms with van der Waals surface area (Å²) < 4.78 is 12.6. The van der Waals surface area contributed by atoms with Gasteiger partial charge >= 0.3 is 0 Å². The summed E-state index contributed by atoms with van der Waals surface area (Å²) in [5.41, 5.74) is 3.97. The Kier molecular flexibility index (Phi) is 5.02. The van der Waals surface area contributed by atoms with E-state index in [9.17, 15) is 4.79 Å². The molecular weight excluding hydrogens is 330 g/mol. The fourth-order valence-electron chi connectivity index (χ4n) is 3.36. The molecule has 138 valence electrons. The summed E-state index contributed by atoms with van der Waals surface area (Å²) in [6, 6.07) is 6.07. The van der Waals surface area contributed by atoms with Crippen LogP contribution in [-0.4, -0.2) is 28.8 Å². The molecule has 1 atom stereocenters. The number of carbonyl (C=O) groups excluding carboxylic acids is 1. The predicted octanol–water partition coefficient (Wildman–Crippen LogP) is 3.08. The lowest BCUT2D eigenvalue weighted by molar-refractivity contribution is -0.121. The van der Waals surface area contributed by atoms with E-state index in [1.807, 2.05) is 40.0 Å². The number of rotatable bonds is 6. The highest BCUT2D eigenvalue weighted by molar-refractivity contribution is 5.85. The van der Waals surface area contributed by atoms with Gasteiger partial charge in [-0.1, -0.05) is 5.16 Å². The van der Waals surface area contributed by atoms with Crippen molar-refractivity contribution in [1.82, 2.24) is 15.0 Å². The second kappa shape index (κ2) is 7.23. The van der Waals surface area contributed by atoms with Crippen molar-refractivity contribution in [2.75, 3.05) is 7.11 Å². The van der Waals surface area contributed by atoms with Crippen molar-refractivity contribution in [2.24, 2.45) is 7.05 Å². The molecule has 6 nitrogen and oxygen atoms in total. The number of fused-ring (bicyclic) bond motifs is 1. The standard InChI is InChI=1S/C20H25N3O3/c1-12(21-20(24)10-17-13(2)22-26-14(17)3)8-15-11-23(4)19-7-6-16(25-5)9-18(15)19/h6-7,9,11-12H,8,10H2,1-5H3,(H,21,24)/t12-/m1/s1. The SMILES string of the molecule is COc1ccc2c(c1)c(C[C@@H](C)NC(=O)Cc1c(C)noc1C)cn2C. The quantitative estimate of drug-likeness (QED) is 0.738. The van der Waals surface area contributed by atoms with Crippen LogP contribution in [0.25, 0.3) is 10.9 Å². The van der Waals surface area contributed by atoms with Crippen molar-refractivity contribution in [1.29, 1.82) is 0 Å². The van der Waals surface area contributed by atoms with E-state index in [0.717, 1.165) is 34.3 Å². The van der Waals surface area contributed by atoms with E-state index < -0.39 is 0 Å². The zero-order chi connectivity index (χ0) is 18.8. The number of nitrogens with one attached hydrogen (secondary N) is 1. The molecule has 0 fully saturated rings. The van der Waals surface area contributed by atoms with Gasteiger partial charge in [-0.05, 0) is 51.0 Å². The van der Waals surface area contributed by atoms with Crippen molar-refractivity contribution in [3.05, 3.63) is 47.0 Å². The van der Waals surface area contributed by atoms with Crippen LogP contribution in [0.4, 0.5) is 0 Å². The molecule has 0 spiro atoms. The van der Waals surface area contributed by atoms with Crippen LogP contribution in [0.3, 0.4) is 0 Å². The molecule has 0 saturated heterocycles. The van der Waals surface area contributed by atoms with Crippen LogP contribution in [0.1, 0.15) is 29.5 Å². The van der Waals surface area contributed by atoms with Gasteiger partial charge in [0, 0.05) is 35.8 Å².